The van der Waals surface area contributed by atoms with Crippen LogP contribution in [0.5, 0.6) is 5.75 Å². The second-order valence-electron chi connectivity index (χ2n) is 9.43. The molecule has 2 aliphatic rings. The van der Waals surface area contributed by atoms with E-state index in [1.54, 1.807) is 0 Å². The van der Waals surface area contributed by atoms with Crippen molar-refractivity contribution >= 4 is 5.97 Å². The smallest absolute Gasteiger partial charge is 0.306 e. The van der Waals surface area contributed by atoms with Gasteiger partial charge in [-0.05, 0) is 69.9 Å². The lowest BCUT2D eigenvalue weighted by atomic mass is 9.86. The summed E-state index contributed by atoms with van der Waals surface area (Å²) in [6, 6.07) is 3.14. The number of hydrogen-bond acceptors (Lipinski definition) is 5. The Morgan fingerprint density at radius 2 is 2.12 bits per heavy atom. The van der Waals surface area contributed by atoms with Gasteiger partial charge in [0, 0.05) is 31.4 Å². The molecule has 0 radical (unpaired) electrons. The van der Waals surface area contributed by atoms with Crippen LogP contribution in [0.25, 0.3) is 0 Å². The Hall–Kier alpha value is -1.99. The predicted molar refractivity (Wildman–Crippen MR) is 121 cm³/mol. The van der Waals surface area contributed by atoms with Gasteiger partial charge >= 0.3 is 5.97 Å². The van der Waals surface area contributed by atoms with Crippen molar-refractivity contribution in [3.8, 4) is 5.75 Å². The third-order valence-corrected chi connectivity index (χ3v) is 6.50. The van der Waals surface area contributed by atoms with E-state index in [2.05, 4.69) is 0 Å². The number of aliphatic hydroxyl groups is 1. The van der Waals surface area contributed by atoms with Crippen molar-refractivity contribution in [1.82, 2.24) is 0 Å². The third kappa shape index (κ3) is 7.78. The van der Waals surface area contributed by atoms with Crippen LogP contribution in [0, 0.1) is 29.4 Å². The molecule has 1 aromatic rings. The van der Waals surface area contributed by atoms with Crippen LogP contribution in [-0.4, -0.2) is 42.6 Å². The number of carbonyl (C=O) groups excluding carboxylic acids is 1. The van der Waals surface area contributed by atoms with E-state index < -0.39 is 17.7 Å². The maximum absolute atomic E-state index is 13.6. The van der Waals surface area contributed by atoms with Crippen LogP contribution >= 0.6 is 0 Å². The van der Waals surface area contributed by atoms with E-state index in [0.29, 0.717) is 31.8 Å². The molecule has 5 atom stereocenters. The monoisotopic (exact) mass is 466 g/mol. The molecule has 1 aliphatic heterocycles. The maximum Gasteiger partial charge on any atom is 0.306 e. The quantitative estimate of drug-likeness (QED) is 0.292. The van der Waals surface area contributed by atoms with Crippen LogP contribution in [0.1, 0.15) is 58.8 Å². The number of hydrogen-bond donors (Lipinski definition) is 1. The second-order valence-corrected chi connectivity index (χ2v) is 9.43. The molecule has 0 amide bonds. The summed E-state index contributed by atoms with van der Waals surface area (Å²) in [6.07, 6.45) is 8.80. The van der Waals surface area contributed by atoms with Gasteiger partial charge in [0.2, 0.25) is 0 Å². The fourth-order valence-electron chi connectivity index (χ4n) is 4.88. The van der Waals surface area contributed by atoms with E-state index >= 15 is 0 Å². The molecule has 5 nitrogen and oxygen atoms in total. The van der Waals surface area contributed by atoms with Gasteiger partial charge in [-0.25, -0.2) is 8.78 Å². The third-order valence-electron chi connectivity index (χ3n) is 6.50. The Kier molecular flexibility index (Phi) is 9.68. The first-order valence-electron chi connectivity index (χ1n) is 12.1. The Bertz CT molecular complexity index is 797. The molecular formula is C26H36F2O5. The average molecular weight is 467 g/mol. The van der Waals surface area contributed by atoms with E-state index in [1.807, 2.05) is 26.0 Å². The van der Waals surface area contributed by atoms with E-state index in [9.17, 15) is 18.7 Å². The highest BCUT2D eigenvalue weighted by atomic mass is 19.1. The first-order valence-corrected chi connectivity index (χ1v) is 12.1. The molecule has 1 saturated heterocycles. The topological polar surface area (TPSA) is 65.0 Å². The summed E-state index contributed by atoms with van der Waals surface area (Å²) in [6.45, 7) is 4.60. The van der Waals surface area contributed by atoms with Gasteiger partial charge in [-0.1, -0.05) is 12.2 Å². The van der Waals surface area contributed by atoms with Crippen LogP contribution < -0.4 is 4.74 Å². The summed E-state index contributed by atoms with van der Waals surface area (Å²) in [5, 5.41) is 10.5. The molecular weight excluding hydrogens is 430 g/mol. The van der Waals surface area contributed by atoms with Crippen molar-refractivity contribution < 1.29 is 32.9 Å². The molecule has 2 fully saturated rings. The Morgan fingerprint density at radius 1 is 1.30 bits per heavy atom. The van der Waals surface area contributed by atoms with E-state index in [4.69, 9.17) is 14.2 Å². The van der Waals surface area contributed by atoms with Crippen LogP contribution in [0.2, 0.25) is 0 Å². The molecule has 3 rings (SSSR count). The predicted octanol–water partition coefficient (Wildman–Crippen LogP) is 5.20. The number of ether oxygens (including phenoxy) is 3. The molecule has 1 heterocycles. The van der Waals surface area contributed by atoms with Crippen LogP contribution in [0.4, 0.5) is 8.78 Å². The molecule has 1 saturated carbocycles. The number of rotatable bonds is 10. The molecule has 0 spiro atoms. The number of carbonyl (C=O) groups is 1. The highest BCUT2D eigenvalue weighted by molar-refractivity contribution is 5.69. The summed E-state index contributed by atoms with van der Waals surface area (Å²) in [5.74, 6) is -0.673. The van der Waals surface area contributed by atoms with Crippen molar-refractivity contribution in [2.24, 2.45) is 17.8 Å². The Morgan fingerprint density at radius 3 is 2.91 bits per heavy atom. The SMILES string of the molecule is CC(C)OC(=O)CCC[C@H]1CC[C@@H]2[C@@H](/C=C/CCOc3cc(F)ccc3F)[C@H](O)C[C@@H]2OC1. The van der Waals surface area contributed by atoms with E-state index in [-0.39, 0.29) is 42.4 Å². The summed E-state index contributed by atoms with van der Waals surface area (Å²) in [5.41, 5.74) is 0. The summed E-state index contributed by atoms with van der Waals surface area (Å²) in [4.78, 5) is 11.7. The van der Waals surface area contributed by atoms with Gasteiger partial charge in [0.25, 0.3) is 0 Å². The molecule has 7 heteroatoms. The molecule has 184 valence electrons. The van der Waals surface area contributed by atoms with Crippen molar-refractivity contribution in [3.63, 3.8) is 0 Å². The molecule has 1 aromatic carbocycles. The normalized spacial score (nSPS) is 27.5. The van der Waals surface area contributed by atoms with Crippen LogP contribution in [0.3, 0.4) is 0 Å². The average Bonchev–Trinajstić information content (AvgIpc) is 2.91. The Labute approximate surface area is 195 Å². The standard InChI is InChI=1S/C26H36F2O5/c1-17(2)33-26(30)8-5-6-18-9-11-21-20(23(29)15-24(21)32-16-18)7-3-4-13-31-25-14-19(27)10-12-22(25)28/h3,7,10,12,14,17-18,20-21,23-24,29H,4-6,8-9,11,13,15-16H2,1-2H3/b7-3+/t18-,20+,21+,23+,24-/m0/s1. The number of halogens is 2. The van der Waals surface area contributed by atoms with Gasteiger partial charge < -0.3 is 19.3 Å². The van der Waals surface area contributed by atoms with Crippen molar-refractivity contribution in [2.75, 3.05) is 13.2 Å². The van der Waals surface area contributed by atoms with Gasteiger partial charge in [-0.3, -0.25) is 4.79 Å². The second kappa shape index (κ2) is 12.5. The highest BCUT2D eigenvalue weighted by Crippen LogP contribution is 2.42. The van der Waals surface area contributed by atoms with Crippen LogP contribution in [0.15, 0.2) is 30.4 Å². The van der Waals surface area contributed by atoms with Crippen molar-refractivity contribution in [3.05, 3.63) is 42.0 Å². The number of aliphatic hydroxyl groups excluding tert-OH is 1. The fourth-order valence-corrected chi connectivity index (χ4v) is 4.88. The van der Waals surface area contributed by atoms with E-state index in [0.717, 1.165) is 43.9 Å². The van der Waals surface area contributed by atoms with Crippen LogP contribution in [-0.2, 0) is 14.3 Å². The zero-order valence-electron chi connectivity index (χ0n) is 19.6. The van der Waals surface area contributed by atoms with Gasteiger partial charge in [0.15, 0.2) is 11.6 Å². The van der Waals surface area contributed by atoms with Gasteiger partial charge in [-0.15, -0.1) is 0 Å². The lowest BCUT2D eigenvalue weighted by Crippen LogP contribution is -2.21. The molecule has 0 aromatic heterocycles. The van der Waals surface area contributed by atoms with Gasteiger partial charge in [0.1, 0.15) is 5.82 Å². The zero-order chi connectivity index (χ0) is 23.8. The van der Waals surface area contributed by atoms with E-state index in [1.165, 1.54) is 0 Å². The number of benzene rings is 1. The lowest BCUT2D eigenvalue weighted by molar-refractivity contribution is -0.147. The Balaban J connectivity index is 1.42. The zero-order valence-corrected chi connectivity index (χ0v) is 19.6. The number of fused-ring (bicyclic) bond motifs is 1. The van der Waals surface area contributed by atoms with Gasteiger partial charge in [0.05, 0.1) is 24.9 Å². The largest absolute Gasteiger partial charge is 0.490 e. The summed E-state index contributed by atoms with van der Waals surface area (Å²) in [7, 11) is 0. The minimum atomic E-state index is -0.587. The lowest BCUT2D eigenvalue weighted by Gasteiger charge is -2.20. The minimum absolute atomic E-state index is 0.0145. The molecule has 33 heavy (non-hydrogen) atoms. The maximum atomic E-state index is 13.6. The summed E-state index contributed by atoms with van der Waals surface area (Å²) < 4.78 is 43.5. The van der Waals surface area contributed by atoms with Gasteiger partial charge in [-0.2, -0.15) is 0 Å². The highest BCUT2D eigenvalue weighted by Gasteiger charge is 2.43. The van der Waals surface area contributed by atoms with Crippen molar-refractivity contribution in [1.29, 1.82) is 0 Å². The first-order chi connectivity index (χ1) is 15.8. The molecule has 0 unspecified atom stereocenters. The molecule has 1 N–H and O–H groups in total. The minimum Gasteiger partial charge on any atom is -0.490 e. The molecule has 1 aliphatic carbocycles. The van der Waals surface area contributed by atoms with Crippen molar-refractivity contribution in [2.45, 2.75) is 77.1 Å². The first kappa shape index (κ1) is 25.6. The number of esters is 1. The summed E-state index contributed by atoms with van der Waals surface area (Å²) >= 11 is 0. The molecule has 0 bridgehead atoms. The fraction of sp³-hybridized carbons (Fsp3) is 0.654.